The predicted molar refractivity (Wildman–Crippen MR) is 55.6 cm³/mol. The molecule has 0 spiro atoms. The number of nitro groups is 1. The topological polar surface area (TPSA) is 78.7 Å². The zero-order valence-electron chi connectivity index (χ0n) is 8.93. The Morgan fingerprint density at radius 3 is 2.69 bits per heavy atom. The van der Waals surface area contributed by atoms with Gasteiger partial charge < -0.3 is 9.47 Å². The van der Waals surface area contributed by atoms with Gasteiger partial charge in [0.05, 0.1) is 18.6 Å². The van der Waals surface area contributed by atoms with E-state index in [1.165, 1.54) is 25.3 Å². The average Bonchev–Trinajstić information content (AvgIpc) is 2.27. The predicted octanol–water partition coefficient (Wildman–Crippen LogP) is 1.78. The summed E-state index contributed by atoms with van der Waals surface area (Å²) in [6.07, 6.45) is 0. The molecule has 0 radical (unpaired) electrons. The Hall–Kier alpha value is -2.11. The zero-order chi connectivity index (χ0) is 12.1. The van der Waals surface area contributed by atoms with Gasteiger partial charge in [-0.05, 0) is 19.1 Å². The number of benzene rings is 1. The van der Waals surface area contributed by atoms with Gasteiger partial charge in [0.15, 0.2) is 5.75 Å². The molecule has 6 nitrogen and oxygen atoms in total. The maximum Gasteiger partial charge on any atom is 0.345 e. The van der Waals surface area contributed by atoms with Crippen molar-refractivity contribution in [1.82, 2.24) is 0 Å². The average molecular weight is 225 g/mol. The molecule has 16 heavy (non-hydrogen) atoms. The zero-order valence-corrected chi connectivity index (χ0v) is 8.93. The van der Waals surface area contributed by atoms with Crippen molar-refractivity contribution < 1.29 is 19.2 Å². The second-order valence-corrected chi connectivity index (χ2v) is 2.83. The summed E-state index contributed by atoms with van der Waals surface area (Å²) in [5, 5.41) is 10.9. The molecule has 86 valence electrons. The van der Waals surface area contributed by atoms with Crippen LogP contribution in [0.1, 0.15) is 17.3 Å². The minimum atomic E-state index is -0.756. The van der Waals surface area contributed by atoms with E-state index in [1.54, 1.807) is 6.92 Å². The second kappa shape index (κ2) is 5.11. The highest BCUT2D eigenvalue weighted by Gasteiger charge is 2.25. The molecule has 1 rings (SSSR count). The number of para-hydroxylation sites is 1. The third-order valence-electron chi connectivity index (χ3n) is 1.89. The molecule has 0 unspecified atom stereocenters. The maximum absolute atomic E-state index is 11.3. The Kier molecular flexibility index (Phi) is 3.82. The van der Waals surface area contributed by atoms with Crippen LogP contribution in [0.2, 0.25) is 0 Å². The molecule has 0 saturated carbocycles. The molecule has 6 heteroatoms. The van der Waals surface area contributed by atoms with Crippen molar-refractivity contribution in [1.29, 1.82) is 0 Å². The van der Waals surface area contributed by atoms with Crippen LogP contribution in [-0.2, 0) is 4.74 Å². The number of carbonyl (C=O) groups excluding carboxylic acids is 1. The van der Waals surface area contributed by atoms with E-state index in [0.717, 1.165) is 0 Å². The normalized spacial score (nSPS) is 9.62. The van der Waals surface area contributed by atoms with Gasteiger partial charge in [-0.1, -0.05) is 6.07 Å². The molecule has 0 fully saturated rings. The lowest BCUT2D eigenvalue weighted by molar-refractivity contribution is -0.386. The van der Waals surface area contributed by atoms with Crippen molar-refractivity contribution >= 4 is 11.7 Å². The number of nitro benzene ring substituents is 1. The first kappa shape index (κ1) is 12.0. The third-order valence-corrected chi connectivity index (χ3v) is 1.89. The number of nitrogens with zero attached hydrogens (tertiary/aromatic N) is 1. The molecule has 0 N–H and O–H groups in total. The highest BCUT2D eigenvalue weighted by atomic mass is 16.6. The van der Waals surface area contributed by atoms with Crippen LogP contribution in [0, 0.1) is 10.1 Å². The van der Waals surface area contributed by atoms with Crippen LogP contribution in [0.5, 0.6) is 5.75 Å². The molecule has 0 aliphatic carbocycles. The summed E-state index contributed by atoms with van der Waals surface area (Å²) in [6.45, 7) is 1.99. The third kappa shape index (κ3) is 2.28. The number of methoxy groups -OCH3 is 1. The number of hydrogen-bond acceptors (Lipinski definition) is 5. The van der Waals surface area contributed by atoms with Gasteiger partial charge in [0.2, 0.25) is 0 Å². The van der Waals surface area contributed by atoms with E-state index in [0.29, 0.717) is 0 Å². The largest absolute Gasteiger partial charge is 0.487 e. The molecule has 0 aromatic heterocycles. The first-order chi connectivity index (χ1) is 7.61. The lowest BCUT2D eigenvalue weighted by Crippen LogP contribution is -2.07. The van der Waals surface area contributed by atoms with E-state index in [2.05, 4.69) is 4.74 Å². The number of ether oxygens (including phenoxy) is 2. The Morgan fingerprint density at radius 1 is 1.50 bits per heavy atom. The summed E-state index contributed by atoms with van der Waals surface area (Å²) >= 11 is 0. The molecule has 0 heterocycles. The van der Waals surface area contributed by atoms with E-state index in [-0.39, 0.29) is 23.6 Å². The fourth-order valence-electron chi connectivity index (χ4n) is 1.26. The summed E-state index contributed by atoms with van der Waals surface area (Å²) in [4.78, 5) is 21.5. The highest BCUT2D eigenvalue weighted by Crippen LogP contribution is 2.31. The lowest BCUT2D eigenvalue weighted by atomic mass is 10.1. The number of hydrogen-bond donors (Lipinski definition) is 0. The summed E-state index contributed by atoms with van der Waals surface area (Å²) in [5.74, 6) is -0.691. The van der Waals surface area contributed by atoms with Gasteiger partial charge in [0.25, 0.3) is 0 Å². The smallest absolute Gasteiger partial charge is 0.345 e. The minimum absolute atomic E-state index is 0.0652. The highest BCUT2D eigenvalue weighted by molar-refractivity contribution is 5.95. The number of esters is 1. The van der Waals surface area contributed by atoms with Crippen LogP contribution in [0.3, 0.4) is 0 Å². The van der Waals surface area contributed by atoms with Crippen molar-refractivity contribution in [3.8, 4) is 5.75 Å². The van der Waals surface area contributed by atoms with Gasteiger partial charge in [0, 0.05) is 0 Å². The fraction of sp³-hybridized carbons (Fsp3) is 0.300. The number of carbonyl (C=O) groups is 1. The van der Waals surface area contributed by atoms with Crippen LogP contribution in [0.25, 0.3) is 0 Å². The first-order valence-electron chi connectivity index (χ1n) is 4.60. The van der Waals surface area contributed by atoms with Gasteiger partial charge in [-0.2, -0.15) is 0 Å². The molecule has 0 aliphatic rings. The Bertz CT molecular complexity index is 416. The summed E-state index contributed by atoms with van der Waals surface area (Å²) in [5.41, 5.74) is -0.477. The van der Waals surface area contributed by atoms with E-state index in [9.17, 15) is 14.9 Å². The Morgan fingerprint density at radius 2 is 2.19 bits per heavy atom. The second-order valence-electron chi connectivity index (χ2n) is 2.83. The van der Waals surface area contributed by atoms with Crippen molar-refractivity contribution in [2.45, 2.75) is 6.92 Å². The van der Waals surface area contributed by atoms with Crippen LogP contribution in [0.4, 0.5) is 5.69 Å². The SMILES string of the molecule is CCOc1cccc(C(=O)OC)c1[N+](=O)[O-]. The van der Waals surface area contributed by atoms with E-state index >= 15 is 0 Å². The standard InChI is InChI=1S/C10H11NO5/c1-3-16-8-6-4-5-7(10(12)15-2)9(8)11(13)14/h4-6H,3H2,1-2H3. The molecular formula is C10H11NO5. The fourth-order valence-corrected chi connectivity index (χ4v) is 1.26. The van der Waals surface area contributed by atoms with Crippen LogP contribution in [0.15, 0.2) is 18.2 Å². The monoisotopic (exact) mass is 225 g/mol. The lowest BCUT2D eigenvalue weighted by Gasteiger charge is -2.06. The van der Waals surface area contributed by atoms with Gasteiger partial charge >= 0.3 is 11.7 Å². The van der Waals surface area contributed by atoms with E-state index < -0.39 is 10.9 Å². The van der Waals surface area contributed by atoms with Crippen LogP contribution >= 0.6 is 0 Å². The molecule has 0 saturated heterocycles. The van der Waals surface area contributed by atoms with E-state index in [4.69, 9.17) is 4.74 Å². The first-order valence-corrected chi connectivity index (χ1v) is 4.60. The van der Waals surface area contributed by atoms with Gasteiger partial charge in [-0.15, -0.1) is 0 Å². The van der Waals surface area contributed by atoms with E-state index in [1.807, 2.05) is 0 Å². The molecule has 0 amide bonds. The van der Waals surface area contributed by atoms with Crippen molar-refractivity contribution in [2.24, 2.45) is 0 Å². The maximum atomic E-state index is 11.3. The molecule has 0 atom stereocenters. The molecule has 1 aromatic carbocycles. The van der Waals surface area contributed by atoms with Gasteiger partial charge in [-0.3, -0.25) is 10.1 Å². The van der Waals surface area contributed by atoms with Crippen molar-refractivity contribution in [2.75, 3.05) is 13.7 Å². The molecule has 0 bridgehead atoms. The Balaban J connectivity index is 3.32. The number of rotatable bonds is 4. The van der Waals surface area contributed by atoms with Crippen molar-refractivity contribution in [3.63, 3.8) is 0 Å². The quantitative estimate of drug-likeness (QED) is 0.443. The summed E-state index contributed by atoms with van der Waals surface area (Å²) in [6, 6.07) is 4.27. The van der Waals surface area contributed by atoms with Crippen molar-refractivity contribution in [3.05, 3.63) is 33.9 Å². The minimum Gasteiger partial charge on any atom is -0.487 e. The van der Waals surface area contributed by atoms with Crippen LogP contribution < -0.4 is 4.74 Å². The van der Waals surface area contributed by atoms with Gasteiger partial charge in [-0.25, -0.2) is 4.79 Å². The summed E-state index contributed by atoms with van der Waals surface area (Å²) < 4.78 is 9.55. The molecular weight excluding hydrogens is 214 g/mol. The molecule has 0 aliphatic heterocycles. The summed E-state index contributed by atoms with van der Waals surface area (Å²) in [7, 11) is 1.17. The van der Waals surface area contributed by atoms with Crippen LogP contribution in [-0.4, -0.2) is 24.6 Å². The Labute approximate surface area is 91.9 Å². The molecule has 1 aromatic rings. The van der Waals surface area contributed by atoms with Gasteiger partial charge in [0.1, 0.15) is 5.56 Å².